The number of nitrogens with zero attached hydrogens (tertiary/aromatic N) is 1. The summed E-state index contributed by atoms with van der Waals surface area (Å²) in [6.07, 6.45) is 0. The molecule has 1 N–H and O–H groups in total. The molecule has 7 nitrogen and oxygen atoms in total. The summed E-state index contributed by atoms with van der Waals surface area (Å²) in [6.45, 7) is 6.14. The normalized spacial score (nSPS) is 19.4. The molecule has 9 heteroatoms. The van der Waals surface area contributed by atoms with Gasteiger partial charge in [-0.1, -0.05) is 0 Å². The topological polar surface area (TPSA) is 92.8 Å². The van der Waals surface area contributed by atoms with Crippen molar-refractivity contribution in [1.82, 2.24) is 4.31 Å². The first kappa shape index (κ1) is 18.2. The number of benzene rings is 1. The van der Waals surface area contributed by atoms with Crippen LogP contribution in [0.15, 0.2) is 29.2 Å². The van der Waals surface area contributed by atoms with E-state index in [1.807, 2.05) is 13.8 Å². The van der Waals surface area contributed by atoms with Crippen molar-refractivity contribution in [2.75, 3.05) is 30.2 Å². The molecule has 0 atom stereocenters. The van der Waals surface area contributed by atoms with Gasteiger partial charge in [-0.3, -0.25) is 4.72 Å². The Morgan fingerprint density at radius 2 is 1.78 bits per heavy atom. The van der Waals surface area contributed by atoms with E-state index in [4.69, 9.17) is 4.74 Å². The largest absolute Gasteiger partial charge is 0.378 e. The zero-order valence-electron chi connectivity index (χ0n) is 13.4. The van der Waals surface area contributed by atoms with Crippen LogP contribution in [0.2, 0.25) is 0 Å². The molecule has 0 amide bonds. The Morgan fingerprint density at radius 1 is 1.17 bits per heavy atom. The van der Waals surface area contributed by atoms with Crippen LogP contribution >= 0.6 is 0 Å². The average molecular weight is 362 g/mol. The Labute approximate surface area is 137 Å². The highest BCUT2D eigenvalue weighted by Crippen LogP contribution is 2.28. The van der Waals surface area contributed by atoms with Gasteiger partial charge in [0.25, 0.3) is 0 Å². The van der Waals surface area contributed by atoms with E-state index in [1.54, 1.807) is 0 Å². The maximum atomic E-state index is 12.8. The van der Waals surface area contributed by atoms with Gasteiger partial charge in [0, 0.05) is 12.2 Å². The Balaban J connectivity index is 2.27. The molecular weight excluding hydrogens is 340 g/mol. The van der Waals surface area contributed by atoms with E-state index in [9.17, 15) is 16.8 Å². The summed E-state index contributed by atoms with van der Waals surface area (Å²) in [6, 6.07) is 5.73. The van der Waals surface area contributed by atoms with E-state index in [0.29, 0.717) is 25.4 Å². The Kier molecular flexibility index (Phi) is 5.05. The predicted molar refractivity (Wildman–Crippen MR) is 88.3 cm³/mol. The third kappa shape index (κ3) is 4.03. The number of morpholine rings is 1. The molecular formula is C14H22N2O5S2. The Bertz CT molecular complexity index is 755. The van der Waals surface area contributed by atoms with Crippen molar-refractivity contribution in [3.8, 4) is 0 Å². The molecule has 1 aromatic rings. The summed E-state index contributed by atoms with van der Waals surface area (Å²) in [5, 5.41) is 0. The van der Waals surface area contributed by atoms with Crippen LogP contribution in [0.5, 0.6) is 0 Å². The third-order valence-corrected chi connectivity index (χ3v) is 7.10. The van der Waals surface area contributed by atoms with E-state index >= 15 is 0 Å². The van der Waals surface area contributed by atoms with Crippen LogP contribution in [-0.2, 0) is 24.8 Å². The SMILES string of the molecule is CCS(=O)(=O)Nc1ccc(S(=O)(=O)N2CCOCC2(C)C)cc1. The molecule has 1 saturated heterocycles. The molecule has 0 spiro atoms. The van der Waals surface area contributed by atoms with Crippen molar-refractivity contribution in [1.29, 1.82) is 0 Å². The quantitative estimate of drug-likeness (QED) is 0.851. The number of rotatable bonds is 5. The number of anilines is 1. The molecule has 1 heterocycles. The van der Waals surface area contributed by atoms with Crippen molar-refractivity contribution in [2.24, 2.45) is 0 Å². The second-order valence-electron chi connectivity index (χ2n) is 5.97. The highest BCUT2D eigenvalue weighted by molar-refractivity contribution is 7.92. The third-order valence-electron chi connectivity index (χ3n) is 3.66. The molecule has 130 valence electrons. The number of nitrogens with one attached hydrogen (secondary N) is 1. The van der Waals surface area contributed by atoms with Gasteiger partial charge in [0.1, 0.15) is 0 Å². The van der Waals surface area contributed by atoms with Gasteiger partial charge in [0.2, 0.25) is 20.0 Å². The fourth-order valence-corrected chi connectivity index (χ4v) is 4.76. The molecule has 0 aromatic heterocycles. The fraction of sp³-hybridized carbons (Fsp3) is 0.571. The summed E-state index contributed by atoms with van der Waals surface area (Å²) in [5.41, 5.74) is -0.286. The zero-order valence-corrected chi connectivity index (χ0v) is 15.1. The maximum absolute atomic E-state index is 12.8. The van der Waals surface area contributed by atoms with Gasteiger partial charge in [-0.15, -0.1) is 0 Å². The van der Waals surface area contributed by atoms with Crippen molar-refractivity contribution >= 4 is 25.7 Å². The molecule has 0 radical (unpaired) electrons. The summed E-state index contributed by atoms with van der Waals surface area (Å²) in [7, 11) is -7.05. The van der Waals surface area contributed by atoms with Crippen molar-refractivity contribution < 1.29 is 21.6 Å². The lowest BCUT2D eigenvalue weighted by atomic mass is 10.1. The van der Waals surface area contributed by atoms with Crippen LogP contribution in [0, 0.1) is 0 Å². The highest BCUT2D eigenvalue weighted by Gasteiger charge is 2.39. The van der Waals surface area contributed by atoms with E-state index in [-0.39, 0.29) is 10.6 Å². The minimum atomic E-state index is -3.66. The van der Waals surface area contributed by atoms with Gasteiger partial charge >= 0.3 is 0 Å². The number of sulfonamides is 2. The molecule has 0 saturated carbocycles. The number of hydrogen-bond acceptors (Lipinski definition) is 5. The lowest BCUT2D eigenvalue weighted by Gasteiger charge is -2.40. The molecule has 1 fully saturated rings. The second kappa shape index (κ2) is 6.39. The molecule has 0 bridgehead atoms. The lowest BCUT2D eigenvalue weighted by molar-refractivity contribution is -0.00770. The molecule has 1 aliphatic heterocycles. The summed E-state index contributed by atoms with van der Waals surface area (Å²) in [5.74, 6) is -0.0466. The lowest BCUT2D eigenvalue weighted by Crippen LogP contribution is -2.55. The number of hydrogen-bond donors (Lipinski definition) is 1. The van der Waals surface area contributed by atoms with Crippen LogP contribution in [0.1, 0.15) is 20.8 Å². The Morgan fingerprint density at radius 3 is 2.30 bits per heavy atom. The first-order chi connectivity index (χ1) is 10.6. The average Bonchev–Trinajstić information content (AvgIpc) is 2.46. The monoisotopic (exact) mass is 362 g/mol. The van der Waals surface area contributed by atoms with Crippen molar-refractivity contribution in [2.45, 2.75) is 31.2 Å². The second-order valence-corrected chi connectivity index (χ2v) is 9.85. The smallest absolute Gasteiger partial charge is 0.243 e. The maximum Gasteiger partial charge on any atom is 0.243 e. The van der Waals surface area contributed by atoms with Gasteiger partial charge in [0.15, 0.2) is 0 Å². The van der Waals surface area contributed by atoms with Crippen LogP contribution in [0.3, 0.4) is 0 Å². The van der Waals surface area contributed by atoms with Gasteiger partial charge in [-0.25, -0.2) is 16.8 Å². The van der Waals surface area contributed by atoms with E-state index in [2.05, 4.69) is 4.72 Å². The molecule has 0 aliphatic carbocycles. The molecule has 1 aliphatic rings. The van der Waals surface area contributed by atoms with Crippen LogP contribution in [0.4, 0.5) is 5.69 Å². The van der Waals surface area contributed by atoms with E-state index in [0.717, 1.165) is 0 Å². The first-order valence-electron chi connectivity index (χ1n) is 7.30. The van der Waals surface area contributed by atoms with Gasteiger partial charge < -0.3 is 4.74 Å². The van der Waals surface area contributed by atoms with Crippen LogP contribution in [-0.4, -0.2) is 52.2 Å². The first-order valence-corrected chi connectivity index (χ1v) is 10.4. The van der Waals surface area contributed by atoms with Crippen molar-refractivity contribution in [3.05, 3.63) is 24.3 Å². The molecule has 1 aromatic carbocycles. The molecule has 2 rings (SSSR count). The minimum absolute atomic E-state index is 0.0466. The zero-order chi connectivity index (χ0) is 17.3. The minimum Gasteiger partial charge on any atom is -0.378 e. The van der Waals surface area contributed by atoms with Crippen LogP contribution < -0.4 is 4.72 Å². The van der Waals surface area contributed by atoms with E-state index < -0.39 is 25.6 Å². The fourth-order valence-electron chi connectivity index (χ4n) is 2.36. The highest BCUT2D eigenvalue weighted by atomic mass is 32.2. The van der Waals surface area contributed by atoms with Gasteiger partial charge in [0.05, 0.1) is 29.4 Å². The van der Waals surface area contributed by atoms with Gasteiger partial charge in [-0.05, 0) is 45.0 Å². The molecule has 23 heavy (non-hydrogen) atoms. The Hall–Kier alpha value is -1.16. The van der Waals surface area contributed by atoms with Gasteiger partial charge in [-0.2, -0.15) is 4.31 Å². The molecule has 0 unspecified atom stereocenters. The summed E-state index contributed by atoms with van der Waals surface area (Å²) >= 11 is 0. The van der Waals surface area contributed by atoms with Crippen molar-refractivity contribution in [3.63, 3.8) is 0 Å². The summed E-state index contributed by atoms with van der Waals surface area (Å²) in [4.78, 5) is 0.131. The van der Waals surface area contributed by atoms with E-state index in [1.165, 1.54) is 35.5 Å². The predicted octanol–water partition coefficient (Wildman–Crippen LogP) is 1.25. The summed E-state index contributed by atoms with van der Waals surface area (Å²) < 4.78 is 57.8. The standard InChI is InChI=1S/C14H22N2O5S2/c1-4-22(17,18)15-12-5-7-13(8-6-12)23(19,20)16-9-10-21-11-14(16,2)3/h5-8,15H,4,9-11H2,1-3H3. The number of ether oxygens (including phenoxy) is 1. The van der Waals surface area contributed by atoms with Crippen LogP contribution in [0.25, 0.3) is 0 Å².